The van der Waals surface area contributed by atoms with Crippen LogP contribution in [0, 0.1) is 5.41 Å². The molecule has 1 saturated heterocycles. The van der Waals surface area contributed by atoms with Crippen molar-refractivity contribution in [3.8, 4) is 0 Å². The topological polar surface area (TPSA) is 12.0 Å². The highest BCUT2D eigenvalue weighted by Gasteiger charge is 2.29. The standard InChI is InChI=1S/C7H15N/c1-6-7(2,3)4-5-8-6/h6,8H,4-5H2,1-3H3. The maximum atomic E-state index is 3.41. The lowest BCUT2D eigenvalue weighted by Crippen LogP contribution is -2.28. The van der Waals surface area contributed by atoms with Crippen LogP contribution in [0.1, 0.15) is 27.2 Å². The van der Waals surface area contributed by atoms with Gasteiger partial charge in [-0.1, -0.05) is 13.8 Å². The van der Waals surface area contributed by atoms with Crippen molar-refractivity contribution >= 4 is 0 Å². The zero-order valence-electron chi connectivity index (χ0n) is 5.99. The third kappa shape index (κ3) is 0.873. The summed E-state index contributed by atoms with van der Waals surface area (Å²) in [5.74, 6) is 0. The molecule has 1 aliphatic heterocycles. The quantitative estimate of drug-likeness (QED) is 0.500. The average molecular weight is 113 g/mol. The fourth-order valence-corrected chi connectivity index (χ4v) is 1.10. The molecular formula is C7H15N. The lowest BCUT2D eigenvalue weighted by Gasteiger charge is -2.21. The maximum Gasteiger partial charge on any atom is 0.00903 e. The summed E-state index contributed by atoms with van der Waals surface area (Å²) in [4.78, 5) is 0. The van der Waals surface area contributed by atoms with E-state index < -0.39 is 0 Å². The molecule has 0 aromatic rings. The first-order chi connectivity index (χ1) is 3.63. The van der Waals surface area contributed by atoms with Crippen LogP contribution in [0.25, 0.3) is 0 Å². The Balaban J connectivity index is 2.54. The second kappa shape index (κ2) is 1.73. The molecule has 1 fully saturated rings. The van der Waals surface area contributed by atoms with E-state index in [2.05, 4.69) is 26.1 Å². The molecule has 0 aromatic heterocycles. The normalized spacial score (nSPS) is 35.6. The van der Waals surface area contributed by atoms with Gasteiger partial charge in [0.05, 0.1) is 0 Å². The Labute approximate surface area is 51.5 Å². The molecule has 1 heteroatoms. The van der Waals surface area contributed by atoms with Gasteiger partial charge in [0.2, 0.25) is 0 Å². The molecule has 1 unspecified atom stereocenters. The molecule has 0 aliphatic carbocycles. The lowest BCUT2D eigenvalue weighted by molar-refractivity contribution is 0.332. The third-order valence-corrected chi connectivity index (χ3v) is 2.39. The van der Waals surface area contributed by atoms with Crippen molar-refractivity contribution in [2.75, 3.05) is 6.54 Å². The summed E-state index contributed by atoms with van der Waals surface area (Å²) < 4.78 is 0. The average Bonchev–Trinajstić information content (AvgIpc) is 1.86. The molecule has 0 radical (unpaired) electrons. The van der Waals surface area contributed by atoms with Crippen molar-refractivity contribution in [2.24, 2.45) is 5.41 Å². The van der Waals surface area contributed by atoms with Gasteiger partial charge in [-0.2, -0.15) is 0 Å². The zero-order chi connectivity index (χ0) is 6.20. The van der Waals surface area contributed by atoms with Gasteiger partial charge >= 0.3 is 0 Å². The van der Waals surface area contributed by atoms with Crippen LogP contribution in [-0.2, 0) is 0 Å². The summed E-state index contributed by atoms with van der Waals surface area (Å²) >= 11 is 0. The van der Waals surface area contributed by atoms with Crippen molar-refractivity contribution in [3.05, 3.63) is 0 Å². The Morgan fingerprint density at radius 2 is 2.12 bits per heavy atom. The second-order valence-corrected chi connectivity index (χ2v) is 3.41. The molecule has 0 saturated carbocycles. The maximum absolute atomic E-state index is 3.41. The predicted octanol–water partition coefficient (Wildman–Crippen LogP) is 1.39. The van der Waals surface area contributed by atoms with Gasteiger partial charge in [0.25, 0.3) is 0 Å². The molecule has 0 spiro atoms. The van der Waals surface area contributed by atoms with Crippen LogP contribution in [0.15, 0.2) is 0 Å². The molecule has 48 valence electrons. The van der Waals surface area contributed by atoms with Gasteiger partial charge in [0, 0.05) is 6.04 Å². The molecule has 0 aromatic carbocycles. The largest absolute Gasteiger partial charge is 0.314 e. The Morgan fingerprint density at radius 3 is 2.25 bits per heavy atom. The zero-order valence-corrected chi connectivity index (χ0v) is 5.99. The smallest absolute Gasteiger partial charge is 0.00903 e. The van der Waals surface area contributed by atoms with Gasteiger partial charge < -0.3 is 5.32 Å². The van der Waals surface area contributed by atoms with Crippen LogP contribution in [0.3, 0.4) is 0 Å². The number of rotatable bonds is 0. The molecule has 0 amide bonds. The van der Waals surface area contributed by atoms with E-state index >= 15 is 0 Å². The van der Waals surface area contributed by atoms with Crippen molar-refractivity contribution < 1.29 is 0 Å². The van der Waals surface area contributed by atoms with Crippen LogP contribution in [0.4, 0.5) is 0 Å². The highest BCUT2D eigenvalue weighted by Crippen LogP contribution is 2.28. The molecule has 1 aliphatic rings. The lowest BCUT2D eigenvalue weighted by atomic mass is 9.86. The Morgan fingerprint density at radius 1 is 1.50 bits per heavy atom. The van der Waals surface area contributed by atoms with Crippen LogP contribution in [0.5, 0.6) is 0 Å². The Kier molecular flexibility index (Phi) is 1.31. The molecule has 1 atom stereocenters. The van der Waals surface area contributed by atoms with E-state index in [1.165, 1.54) is 13.0 Å². The Hall–Kier alpha value is -0.0400. The highest BCUT2D eigenvalue weighted by molar-refractivity contribution is 4.87. The summed E-state index contributed by atoms with van der Waals surface area (Å²) in [6.07, 6.45) is 1.33. The molecule has 1 N–H and O–H groups in total. The van der Waals surface area contributed by atoms with Crippen molar-refractivity contribution in [2.45, 2.75) is 33.2 Å². The third-order valence-electron chi connectivity index (χ3n) is 2.39. The van der Waals surface area contributed by atoms with E-state index in [9.17, 15) is 0 Å². The van der Waals surface area contributed by atoms with E-state index in [-0.39, 0.29) is 0 Å². The minimum Gasteiger partial charge on any atom is -0.314 e. The highest BCUT2D eigenvalue weighted by atomic mass is 15.0. The van der Waals surface area contributed by atoms with Gasteiger partial charge in [0.15, 0.2) is 0 Å². The minimum atomic E-state index is 0.542. The van der Waals surface area contributed by atoms with Crippen LogP contribution >= 0.6 is 0 Å². The van der Waals surface area contributed by atoms with Gasteiger partial charge in [-0.25, -0.2) is 0 Å². The minimum absolute atomic E-state index is 0.542. The van der Waals surface area contributed by atoms with E-state index in [0.29, 0.717) is 11.5 Å². The molecule has 0 bridgehead atoms. The second-order valence-electron chi connectivity index (χ2n) is 3.41. The van der Waals surface area contributed by atoms with Crippen molar-refractivity contribution in [1.82, 2.24) is 5.32 Å². The van der Waals surface area contributed by atoms with Gasteiger partial charge in [-0.15, -0.1) is 0 Å². The molecule has 1 nitrogen and oxygen atoms in total. The van der Waals surface area contributed by atoms with E-state index in [1.54, 1.807) is 0 Å². The summed E-state index contributed by atoms with van der Waals surface area (Å²) in [5.41, 5.74) is 0.542. The van der Waals surface area contributed by atoms with Crippen molar-refractivity contribution in [3.63, 3.8) is 0 Å². The summed E-state index contributed by atoms with van der Waals surface area (Å²) in [6, 6.07) is 0.711. The fraction of sp³-hybridized carbons (Fsp3) is 1.00. The van der Waals surface area contributed by atoms with Crippen molar-refractivity contribution in [1.29, 1.82) is 0 Å². The van der Waals surface area contributed by atoms with E-state index in [1.807, 2.05) is 0 Å². The first kappa shape index (κ1) is 6.09. The summed E-state index contributed by atoms with van der Waals surface area (Å²) in [5, 5.41) is 3.41. The number of hydrogen-bond donors (Lipinski definition) is 1. The van der Waals surface area contributed by atoms with Gasteiger partial charge in [-0.05, 0) is 25.3 Å². The molecular weight excluding hydrogens is 98.1 g/mol. The summed E-state index contributed by atoms with van der Waals surface area (Å²) in [7, 11) is 0. The fourth-order valence-electron chi connectivity index (χ4n) is 1.10. The molecule has 8 heavy (non-hydrogen) atoms. The monoisotopic (exact) mass is 113 g/mol. The van der Waals surface area contributed by atoms with E-state index in [4.69, 9.17) is 0 Å². The number of nitrogens with one attached hydrogen (secondary N) is 1. The van der Waals surface area contributed by atoms with Crippen LogP contribution in [0.2, 0.25) is 0 Å². The van der Waals surface area contributed by atoms with Crippen LogP contribution < -0.4 is 5.32 Å². The first-order valence-electron chi connectivity index (χ1n) is 3.36. The Bertz CT molecular complexity index is 86.4. The number of hydrogen-bond acceptors (Lipinski definition) is 1. The summed E-state index contributed by atoms with van der Waals surface area (Å²) in [6.45, 7) is 8.09. The van der Waals surface area contributed by atoms with Gasteiger partial charge in [0.1, 0.15) is 0 Å². The van der Waals surface area contributed by atoms with Crippen LogP contribution in [-0.4, -0.2) is 12.6 Å². The predicted molar refractivity (Wildman–Crippen MR) is 35.9 cm³/mol. The molecule has 1 heterocycles. The van der Waals surface area contributed by atoms with E-state index in [0.717, 1.165) is 0 Å². The SMILES string of the molecule is CC1NCCC1(C)C. The molecule has 1 rings (SSSR count). The van der Waals surface area contributed by atoms with Gasteiger partial charge in [-0.3, -0.25) is 0 Å². The first-order valence-corrected chi connectivity index (χ1v) is 3.36.